The average Bonchev–Trinajstić information content (AvgIpc) is 2.73. The van der Waals surface area contributed by atoms with E-state index in [4.69, 9.17) is 16.2 Å². The molecule has 0 aromatic rings. The summed E-state index contributed by atoms with van der Waals surface area (Å²) in [4.78, 5) is 32.6. The molecule has 33 heavy (non-hydrogen) atoms. The Labute approximate surface area is 205 Å². The number of hydrogen-bond donors (Lipinski definition) is 7. The van der Waals surface area contributed by atoms with Crippen LogP contribution >= 0.6 is 0 Å². The minimum absolute atomic E-state index is 0. The molecule has 0 radical (unpaired) electrons. The smallest absolute Gasteiger partial charge is 0.549 e. The summed E-state index contributed by atoms with van der Waals surface area (Å²) in [5, 5.41) is 61.1. The number of aliphatic hydroxyl groups excluding tert-OH is 4. The van der Waals surface area contributed by atoms with Crippen LogP contribution in [0.2, 0.25) is 0 Å². The Morgan fingerprint density at radius 1 is 0.939 bits per heavy atom. The van der Waals surface area contributed by atoms with Crippen LogP contribution in [0.15, 0.2) is 0 Å². The molecular formula is C19H33N3O10Pt. The average molecular weight is 659 g/mol. The van der Waals surface area contributed by atoms with Gasteiger partial charge in [0.25, 0.3) is 0 Å². The van der Waals surface area contributed by atoms with E-state index in [9.17, 15) is 45.0 Å². The van der Waals surface area contributed by atoms with E-state index in [0.717, 1.165) is 12.8 Å². The Morgan fingerprint density at radius 2 is 1.45 bits per heavy atom. The fourth-order valence-electron chi connectivity index (χ4n) is 3.39. The molecule has 7 atom stereocenters. The standard InChI is InChI=1S/C13H21NO10.C6H14N2.Pt/c15-7(3-1-2-5(11(19)20)12(21)22)14-4-6-8(16)9(17)10(18)13(23)24-6;7-5-3-1-2-4-6(5)8;/h5-6,8-10,13,16-18,23H,1-4H2,(H,14,15)(H,19,20)(H,21,22);5-6H,1-4,7-8H2;/q;;+2/p-2/t6-,8+,9+,10-,13?;5-,6-;/m11./s1. The summed E-state index contributed by atoms with van der Waals surface area (Å²) in [6.45, 7) is -0.286. The molecule has 9 N–H and O–H groups in total. The first kappa shape index (κ1) is 31.8. The van der Waals surface area contributed by atoms with Gasteiger partial charge in [0, 0.05) is 31.0 Å². The van der Waals surface area contributed by atoms with Crippen molar-refractivity contribution >= 4 is 17.8 Å². The summed E-state index contributed by atoms with van der Waals surface area (Å²) in [5.41, 5.74) is 11.3. The second-order valence-electron chi connectivity index (χ2n) is 8.04. The molecule has 1 amide bonds. The number of aliphatic carboxylic acids is 2. The summed E-state index contributed by atoms with van der Waals surface area (Å²) in [5.74, 6) is -5.99. The topological polar surface area (TPSA) is 252 Å². The number of amides is 1. The zero-order valence-electron chi connectivity index (χ0n) is 18.0. The van der Waals surface area contributed by atoms with E-state index in [-0.39, 0.29) is 59.0 Å². The molecule has 1 saturated carbocycles. The fourth-order valence-corrected chi connectivity index (χ4v) is 3.39. The number of carbonyl (C=O) groups excluding carboxylic acids is 3. The van der Waals surface area contributed by atoms with Crippen LogP contribution in [0.3, 0.4) is 0 Å². The monoisotopic (exact) mass is 658 g/mol. The van der Waals surface area contributed by atoms with Gasteiger partial charge in [-0.05, 0) is 25.7 Å². The molecule has 13 nitrogen and oxygen atoms in total. The SMILES string of the molecule is N[C@@H]1CCCC[C@H]1N.O=C(CCCC(C(=O)[O-])C(=O)[O-])NC[C@H]1OC(O)[C@H](O)[C@@H](O)[C@H]1O.[Pt+2]. The molecule has 2 aliphatic rings. The molecule has 0 spiro atoms. The van der Waals surface area contributed by atoms with E-state index >= 15 is 0 Å². The molecule has 14 heteroatoms. The van der Waals surface area contributed by atoms with Gasteiger partial charge in [-0.2, -0.15) is 0 Å². The zero-order chi connectivity index (χ0) is 24.4. The summed E-state index contributed by atoms with van der Waals surface area (Å²) in [6, 6.07) is 0.562. The van der Waals surface area contributed by atoms with Crippen molar-refractivity contribution in [3.05, 3.63) is 0 Å². The number of carbonyl (C=O) groups is 3. The Kier molecular flexibility index (Phi) is 15.1. The molecule has 194 valence electrons. The van der Waals surface area contributed by atoms with Gasteiger partial charge in [0.1, 0.15) is 24.4 Å². The second-order valence-corrected chi connectivity index (χ2v) is 8.04. The van der Waals surface area contributed by atoms with E-state index in [1.54, 1.807) is 0 Å². The first-order valence-electron chi connectivity index (χ1n) is 10.5. The van der Waals surface area contributed by atoms with E-state index in [2.05, 4.69) is 5.32 Å². The molecule has 1 unspecified atom stereocenters. The third-order valence-electron chi connectivity index (χ3n) is 5.53. The third kappa shape index (κ3) is 10.7. The number of aliphatic hydroxyl groups is 4. The van der Waals surface area contributed by atoms with Crippen LogP contribution in [0.5, 0.6) is 0 Å². The van der Waals surface area contributed by atoms with Crippen molar-refractivity contribution in [2.75, 3.05) is 6.54 Å². The predicted octanol–water partition coefficient (Wildman–Crippen LogP) is -5.60. The quantitative estimate of drug-likeness (QED) is 0.121. The van der Waals surface area contributed by atoms with Crippen LogP contribution in [0.25, 0.3) is 0 Å². The van der Waals surface area contributed by atoms with Gasteiger partial charge in [-0.15, -0.1) is 0 Å². The van der Waals surface area contributed by atoms with Crippen LogP contribution in [0.4, 0.5) is 0 Å². The maximum absolute atomic E-state index is 11.6. The van der Waals surface area contributed by atoms with Gasteiger partial charge in [-0.3, -0.25) is 4.79 Å². The number of carboxylic acid groups (broad SMARTS) is 2. The van der Waals surface area contributed by atoms with Gasteiger partial charge in [0.2, 0.25) is 5.91 Å². The van der Waals surface area contributed by atoms with Crippen molar-refractivity contribution < 1.29 is 70.8 Å². The molecule has 1 aliphatic carbocycles. The van der Waals surface area contributed by atoms with Crippen LogP contribution in [0, 0.1) is 5.92 Å². The van der Waals surface area contributed by atoms with Crippen molar-refractivity contribution in [1.82, 2.24) is 5.32 Å². The zero-order valence-corrected chi connectivity index (χ0v) is 20.3. The number of ether oxygens (including phenoxy) is 1. The largest absolute Gasteiger partial charge is 2.00 e. The van der Waals surface area contributed by atoms with Crippen molar-refractivity contribution in [3.63, 3.8) is 0 Å². The van der Waals surface area contributed by atoms with E-state index in [1.807, 2.05) is 0 Å². The Bertz CT molecular complexity index is 605. The normalized spacial score (nSPS) is 31.5. The van der Waals surface area contributed by atoms with Gasteiger partial charge in [-0.1, -0.05) is 12.8 Å². The van der Waals surface area contributed by atoms with Crippen LogP contribution < -0.4 is 27.0 Å². The van der Waals surface area contributed by atoms with Gasteiger partial charge in [-0.25, -0.2) is 0 Å². The number of nitrogens with one attached hydrogen (secondary N) is 1. The maximum atomic E-state index is 11.6. The van der Waals surface area contributed by atoms with Crippen LogP contribution in [0.1, 0.15) is 44.9 Å². The molecule has 1 heterocycles. The van der Waals surface area contributed by atoms with Crippen molar-refractivity contribution in [2.24, 2.45) is 17.4 Å². The first-order chi connectivity index (χ1) is 15.0. The molecule has 1 aliphatic heterocycles. The molecule has 0 aromatic heterocycles. The number of hydrogen-bond acceptors (Lipinski definition) is 12. The fraction of sp³-hybridized carbons (Fsp3) is 0.842. The molecular weight excluding hydrogens is 625 g/mol. The summed E-state index contributed by atoms with van der Waals surface area (Å²) < 4.78 is 4.85. The molecule has 1 saturated heterocycles. The minimum Gasteiger partial charge on any atom is -0.549 e. The van der Waals surface area contributed by atoms with Crippen LogP contribution in [-0.4, -0.2) is 87.6 Å². The van der Waals surface area contributed by atoms with Crippen molar-refractivity contribution in [2.45, 2.75) is 87.7 Å². The van der Waals surface area contributed by atoms with Gasteiger partial charge < -0.3 is 61.7 Å². The number of rotatable bonds is 8. The summed E-state index contributed by atoms with van der Waals surface area (Å²) in [7, 11) is 0. The van der Waals surface area contributed by atoms with E-state index < -0.39 is 54.5 Å². The van der Waals surface area contributed by atoms with Gasteiger partial charge in [0.05, 0.1) is 11.9 Å². The second kappa shape index (κ2) is 15.7. The summed E-state index contributed by atoms with van der Waals surface area (Å²) in [6.07, 6.45) is -3.57. The number of carboxylic acids is 2. The van der Waals surface area contributed by atoms with E-state index in [1.165, 1.54) is 12.8 Å². The van der Waals surface area contributed by atoms with E-state index in [0.29, 0.717) is 0 Å². The third-order valence-corrected chi connectivity index (χ3v) is 5.53. The minimum atomic E-state index is -1.81. The van der Waals surface area contributed by atoms with Crippen LogP contribution in [-0.2, 0) is 40.2 Å². The van der Waals surface area contributed by atoms with Crippen molar-refractivity contribution in [3.8, 4) is 0 Å². The first-order valence-corrected chi connectivity index (χ1v) is 10.5. The summed E-state index contributed by atoms with van der Waals surface area (Å²) >= 11 is 0. The van der Waals surface area contributed by atoms with Gasteiger partial charge in [0.15, 0.2) is 6.29 Å². The maximum Gasteiger partial charge on any atom is 2.00 e. The Hall–Kier alpha value is -1.18. The molecule has 2 rings (SSSR count). The van der Waals surface area contributed by atoms with Gasteiger partial charge >= 0.3 is 21.1 Å². The van der Waals surface area contributed by atoms with Crippen molar-refractivity contribution in [1.29, 1.82) is 0 Å². The Morgan fingerprint density at radius 3 is 1.91 bits per heavy atom. The molecule has 2 fully saturated rings. The predicted molar refractivity (Wildman–Crippen MR) is 104 cm³/mol. The molecule has 0 aromatic carbocycles. The Balaban J connectivity index is 0.000000956. The molecule has 0 bridgehead atoms. The number of nitrogens with two attached hydrogens (primary N) is 2.